The third-order valence-electron chi connectivity index (χ3n) is 4.27. The van der Waals surface area contributed by atoms with Crippen LogP contribution in [0.25, 0.3) is 0 Å². The zero-order valence-corrected chi connectivity index (χ0v) is 18.0. The molecule has 0 aliphatic carbocycles. The molecular formula is C19H24IN5O3. The molecule has 0 atom stereocenters. The molecule has 1 aliphatic rings. The average molecular weight is 497 g/mol. The second kappa shape index (κ2) is 10.7. The second-order valence-corrected chi connectivity index (χ2v) is 6.07. The molecule has 2 amide bonds. The lowest BCUT2D eigenvalue weighted by atomic mass is 10.3. The molecule has 0 radical (unpaired) electrons. The molecule has 9 heteroatoms. The van der Waals surface area contributed by atoms with Crippen LogP contribution in [0.5, 0.6) is 0 Å². The van der Waals surface area contributed by atoms with E-state index in [0.717, 1.165) is 5.69 Å². The fourth-order valence-corrected chi connectivity index (χ4v) is 2.90. The summed E-state index contributed by atoms with van der Waals surface area (Å²) in [7, 11) is 1.68. The maximum absolute atomic E-state index is 12.3. The Morgan fingerprint density at radius 2 is 1.71 bits per heavy atom. The number of carbonyl (C=O) groups excluding carboxylic acids is 2. The van der Waals surface area contributed by atoms with Crippen molar-refractivity contribution in [2.45, 2.75) is 0 Å². The summed E-state index contributed by atoms with van der Waals surface area (Å²) in [6, 6.07) is 12.7. The Hall–Kier alpha value is -2.56. The molecular weight excluding hydrogens is 473 g/mol. The number of benzene rings is 1. The van der Waals surface area contributed by atoms with Crippen molar-refractivity contribution in [1.29, 1.82) is 0 Å². The summed E-state index contributed by atoms with van der Waals surface area (Å²) in [5.74, 6) is 0.741. The molecule has 0 spiro atoms. The summed E-state index contributed by atoms with van der Waals surface area (Å²) in [4.78, 5) is 32.4. The molecule has 2 heterocycles. The van der Waals surface area contributed by atoms with Gasteiger partial charge in [0.05, 0.1) is 12.8 Å². The highest BCUT2D eigenvalue weighted by atomic mass is 127. The van der Waals surface area contributed by atoms with Gasteiger partial charge in [-0.3, -0.25) is 14.6 Å². The first-order chi connectivity index (χ1) is 13.2. The first-order valence-electron chi connectivity index (χ1n) is 8.80. The first kappa shape index (κ1) is 21.7. The van der Waals surface area contributed by atoms with Gasteiger partial charge in [-0.05, 0) is 24.3 Å². The van der Waals surface area contributed by atoms with E-state index in [1.165, 1.54) is 6.26 Å². The quantitative estimate of drug-likeness (QED) is 0.383. The Bertz CT molecular complexity index is 787. The van der Waals surface area contributed by atoms with Crippen LogP contribution in [0.2, 0.25) is 0 Å². The number of rotatable bonds is 4. The van der Waals surface area contributed by atoms with Crippen LogP contribution < -0.4 is 10.6 Å². The van der Waals surface area contributed by atoms with E-state index in [1.807, 2.05) is 35.2 Å². The number of hydrogen-bond donors (Lipinski definition) is 2. The normalized spacial score (nSPS) is 14.2. The van der Waals surface area contributed by atoms with Gasteiger partial charge in [0.15, 0.2) is 11.7 Å². The third kappa shape index (κ3) is 5.72. The average Bonchev–Trinajstić information content (AvgIpc) is 3.24. The topological polar surface area (TPSA) is 90.2 Å². The summed E-state index contributed by atoms with van der Waals surface area (Å²) >= 11 is 0. The minimum atomic E-state index is -0.144. The first-order valence-corrected chi connectivity index (χ1v) is 8.80. The maximum atomic E-state index is 12.3. The van der Waals surface area contributed by atoms with Crippen molar-refractivity contribution in [1.82, 2.24) is 15.1 Å². The van der Waals surface area contributed by atoms with E-state index < -0.39 is 0 Å². The maximum Gasteiger partial charge on any atom is 0.289 e. The largest absolute Gasteiger partial charge is 0.459 e. The molecule has 0 unspecified atom stereocenters. The van der Waals surface area contributed by atoms with Gasteiger partial charge in [0.2, 0.25) is 5.91 Å². The van der Waals surface area contributed by atoms with Crippen molar-refractivity contribution >= 4 is 47.4 Å². The highest BCUT2D eigenvalue weighted by Crippen LogP contribution is 2.09. The van der Waals surface area contributed by atoms with Crippen molar-refractivity contribution in [2.75, 3.05) is 45.1 Å². The number of guanidine groups is 1. The van der Waals surface area contributed by atoms with Crippen molar-refractivity contribution in [3.05, 3.63) is 54.5 Å². The van der Waals surface area contributed by atoms with Gasteiger partial charge in [0, 0.05) is 38.9 Å². The predicted octanol–water partition coefficient (Wildman–Crippen LogP) is 1.87. The van der Waals surface area contributed by atoms with Gasteiger partial charge >= 0.3 is 0 Å². The molecule has 1 aromatic carbocycles. The van der Waals surface area contributed by atoms with Gasteiger partial charge in [-0.15, -0.1) is 24.0 Å². The fraction of sp³-hybridized carbons (Fsp3) is 0.316. The second-order valence-electron chi connectivity index (χ2n) is 6.07. The van der Waals surface area contributed by atoms with Crippen molar-refractivity contribution in [3.8, 4) is 0 Å². The minimum Gasteiger partial charge on any atom is -0.459 e. The lowest BCUT2D eigenvalue weighted by Gasteiger charge is -2.36. The Kier molecular flexibility index (Phi) is 8.30. The number of para-hydroxylation sites is 1. The standard InChI is InChI=1S/C19H23N5O3.HI/c1-20-19(21-14-17(25)22-15-6-3-2-4-7-15)24-11-9-23(10-12-24)18(26)16-8-5-13-27-16;/h2-8,13H,9-12,14H2,1H3,(H,20,21)(H,22,25);1H. The smallest absolute Gasteiger partial charge is 0.289 e. The molecule has 2 aromatic rings. The van der Waals surface area contributed by atoms with E-state index in [4.69, 9.17) is 4.42 Å². The van der Waals surface area contributed by atoms with Gasteiger partial charge < -0.3 is 24.9 Å². The highest BCUT2D eigenvalue weighted by Gasteiger charge is 2.25. The van der Waals surface area contributed by atoms with Gasteiger partial charge in [-0.1, -0.05) is 18.2 Å². The number of aliphatic imine (C=N–C) groups is 1. The van der Waals surface area contributed by atoms with Crippen LogP contribution in [0.4, 0.5) is 5.69 Å². The van der Waals surface area contributed by atoms with Crippen LogP contribution in [0.1, 0.15) is 10.6 Å². The highest BCUT2D eigenvalue weighted by molar-refractivity contribution is 14.0. The minimum absolute atomic E-state index is 0. The summed E-state index contributed by atoms with van der Waals surface area (Å²) in [5, 5.41) is 5.90. The molecule has 8 nitrogen and oxygen atoms in total. The van der Waals surface area contributed by atoms with Gasteiger partial charge in [0.1, 0.15) is 0 Å². The number of nitrogens with one attached hydrogen (secondary N) is 2. The zero-order chi connectivity index (χ0) is 19.1. The molecule has 1 aliphatic heterocycles. The summed E-state index contributed by atoms with van der Waals surface area (Å²) in [6.07, 6.45) is 1.50. The molecule has 150 valence electrons. The lowest BCUT2D eigenvalue weighted by Crippen LogP contribution is -2.54. The fourth-order valence-electron chi connectivity index (χ4n) is 2.90. The van der Waals surface area contributed by atoms with E-state index in [-0.39, 0.29) is 42.3 Å². The number of piperazine rings is 1. The number of halogens is 1. The number of nitrogens with zero attached hydrogens (tertiary/aromatic N) is 3. The molecule has 2 N–H and O–H groups in total. The van der Waals surface area contributed by atoms with Crippen molar-refractivity contribution in [3.63, 3.8) is 0 Å². The molecule has 3 rings (SSSR count). The summed E-state index contributed by atoms with van der Waals surface area (Å²) < 4.78 is 5.17. The zero-order valence-electron chi connectivity index (χ0n) is 15.6. The van der Waals surface area contributed by atoms with Crippen molar-refractivity contribution < 1.29 is 14.0 Å². The van der Waals surface area contributed by atoms with Gasteiger partial charge in [-0.25, -0.2) is 0 Å². The molecule has 1 saturated heterocycles. The van der Waals surface area contributed by atoms with Crippen LogP contribution in [0.15, 0.2) is 58.1 Å². The van der Waals surface area contributed by atoms with Crippen LogP contribution in [0.3, 0.4) is 0 Å². The van der Waals surface area contributed by atoms with E-state index in [2.05, 4.69) is 15.6 Å². The monoisotopic (exact) mass is 497 g/mol. The molecule has 0 saturated carbocycles. The molecule has 1 aromatic heterocycles. The third-order valence-corrected chi connectivity index (χ3v) is 4.27. The van der Waals surface area contributed by atoms with Gasteiger partial charge in [-0.2, -0.15) is 0 Å². The lowest BCUT2D eigenvalue weighted by molar-refractivity contribution is -0.115. The SMILES string of the molecule is CN=C(NCC(=O)Nc1ccccc1)N1CCN(C(=O)c2ccco2)CC1.I. The van der Waals surface area contributed by atoms with Crippen molar-refractivity contribution in [2.24, 2.45) is 4.99 Å². The van der Waals surface area contributed by atoms with E-state index in [9.17, 15) is 9.59 Å². The summed E-state index contributed by atoms with van der Waals surface area (Å²) in [6.45, 7) is 2.51. The molecule has 0 bridgehead atoms. The number of amides is 2. The Morgan fingerprint density at radius 1 is 1.04 bits per heavy atom. The number of carbonyl (C=O) groups is 2. The van der Waals surface area contributed by atoms with Crippen LogP contribution >= 0.6 is 24.0 Å². The van der Waals surface area contributed by atoms with E-state index in [0.29, 0.717) is 37.9 Å². The summed E-state index contributed by atoms with van der Waals surface area (Å²) in [5.41, 5.74) is 0.754. The van der Waals surface area contributed by atoms with Crippen LogP contribution in [-0.2, 0) is 4.79 Å². The Morgan fingerprint density at radius 3 is 2.32 bits per heavy atom. The molecule has 28 heavy (non-hydrogen) atoms. The van der Waals surface area contributed by atoms with E-state index in [1.54, 1.807) is 24.1 Å². The number of hydrogen-bond acceptors (Lipinski definition) is 4. The van der Waals surface area contributed by atoms with Gasteiger partial charge in [0.25, 0.3) is 5.91 Å². The number of anilines is 1. The Balaban J connectivity index is 0.00000280. The predicted molar refractivity (Wildman–Crippen MR) is 118 cm³/mol. The van der Waals surface area contributed by atoms with E-state index >= 15 is 0 Å². The number of furan rings is 1. The Labute approximate surface area is 181 Å². The van der Waals surface area contributed by atoms with Crippen LogP contribution in [0, 0.1) is 0 Å². The molecule has 1 fully saturated rings. The van der Waals surface area contributed by atoms with Crippen LogP contribution in [-0.4, -0.2) is 67.3 Å².